The molecule has 1 aliphatic rings. The Bertz CT molecular complexity index is 355. The van der Waals surface area contributed by atoms with E-state index in [4.69, 9.17) is 10.5 Å². The highest BCUT2D eigenvalue weighted by Gasteiger charge is 2.62. The Morgan fingerprint density at radius 2 is 2.10 bits per heavy atom. The first-order valence-electron chi connectivity index (χ1n) is 7.52. The largest absolute Gasteiger partial charge is 0.388 e. The number of aliphatic hydroxyl groups is 1. The molecule has 118 valence electrons. The number of ether oxygens (including phenoxy) is 1. The maximum atomic E-state index is 12.4. The second kappa shape index (κ2) is 6.00. The lowest BCUT2D eigenvalue weighted by Gasteiger charge is -2.57. The van der Waals surface area contributed by atoms with Crippen LogP contribution in [0.4, 0.5) is 0 Å². The smallest absolute Gasteiger partial charge is 0.240 e. The molecule has 0 saturated heterocycles. The number of carbonyl (C=O) groups is 1. The number of amides is 1. The van der Waals surface area contributed by atoms with Crippen molar-refractivity contribution >= 4 is 5.91 Å². The summed E-state index contributed by atoms with van der Waals surface area (Å²) in [6.07, 6.45) is 2.05. The summed E-state index contributed by atoms with van der Waals surface area (Å²) in [5, 5.41) is 12.9. The van der Waals surface area contributed by atoms with Crippen molar-refractivity contribution in [2.45, 2.75) is 71.1 Å². The van der Waals surface area contributed by atoms with Gasteiger partial charge >= 0.3 is 0 Å². The average molecular weight is 286 g/mol. The van der Waals surface area contributed by atoms with Crippen molar-refractivity contribution < 1.29 is 14.6 Å². The lowest BCUT2D eigenvalue weighted by atomic mass is 9.54. The van der Waals surface area contributed by atoms with Crippen LogP contribution in [0.3, 0.4) is 0 Å². The van der Waals surface area contributed by atoms with Gasteiger partial charge in [-0.05, 0) is 20.3 Å². The molecular weight excluding hydrogens is 256 g/mol. The molecule has 1 fully saturated rings. The Hall–Kier alpha value is -0.650. The van der Waals surface area contributed by atoms with Gasteiger partial charge in [0.2, 0.25) is 5.91 Å². The van der Waals surface area contributed by atoms with E-state index in [1.165, 1.54) is 0 Å². The van der Waals surface area contributed by atoms with Crippen LogP contribution in [0, 0.1) is 5.41 Å². The number of hydrogen-bond donors (Lipinski definition) is 3. The van der Waals surface area contributed by atoms with E-state index in [1.54, 1.807) is 6.92 Å². The molecule has 3 atom stereocenters. The van der Waals surface area contributed by atoms with Gasteiger partial charge in [-0.25, -0.2) is 0 Å². The minimum Gasteiger partial charge on any atom is -0.388 e. The minimum atomic E-state index is -0.921. The van der Waals surface area contributed by atoms with Gasteiger partial charge in [-0.3, -0.25) is 4.79 Å². The first-order chi connectivity index (χ1) is 9.10. The number of nitrogens with one attached hydrogen (secondary N) is 1. The van der Waals surface area contributed by atoms with E-state index in [0.717, 1.165) is 6.42 Å². The van der Waals surface area contributed by atoms with E-state index in [2.05, 4.69) is 5.32 Å². The molecule has 0 aromatic rings. The molecule has 3 unspecified atom stereocenters. The third-order valence-corrected chi connectivity index (χ3v) is 4.65. The normalized spacial score (nSPS) is 31.2. The van der Waals surface area contributed by atoms with Crippen molar-refractivity contribution in [3.05, 3.63) is 0 Å². The van der Waals surface area contributed by atoms with Gasteiger partial charge in [0.25, 0.3) is 0 Å². The quantitative estimate of drug-likeness (QED) is 0.656. The SMILES string of the molecule is CCCC(C)(O)CNC(=O)C1(N)CC(OCC)C1(C)C. The van der Waals surface area contributed by atoms with E-state index in [-0.39, 0.29) is 18.6 Å². The van der Waals surface area contributed by atoms with Crippen LogP contribution in [0.5, 0.6) is 0 Å². The zero-order chi connectivity index (χ0) is 15.6. The maximum Gasteiger partial charge on any atom is 0.240 e. The van der Waals surface area contributed by atoms with Crippen LogP contribution < -0.4 is 11.1 Å². The van der Waals surface area contributed by atoms with Crippen molar-refractivity contribution in [3.63, 3.8) is 0 Å². The fraction of sp³-hybridized carbons (Fsp3) is 0.933. The Balaban J connectivity index is 2.60. The van der Waals surface area contributed by atoms with Gasteiger partial charge in [0.05, 0.1) is 11.7 Å². The molecule has 0 radical (unpaired) electrons. The summed E-state index contributed by atoms with van der Waals surface area (Å²) in [6.45, 7) is 10.4. The summed E-state index contributed by atoms with van der Waals surface area (Å²) in [6, 6.07) is 0. The van der Waals surface area contributed by atoms with Crippen molar-refractivity contribution in [1.82, 2.24) is 5.32 Å². The number of carbonyl (C=O) groups excluding carboxylic acids is 1. The molecule has 1 saturated carbocycles. The van der Waals surface area contributed by atoms with E-state index in [1.807, 2.05) is 27.7 Å². The van der Waals surface area contributed by atoms with Crippen LogP contribution >= 0.6 is 0 Å². The molecule has 0 aromatic carbocycles. The molecule has 4 N–H and O–H groups in total. The zero-order valence-electron chi connectivity index (χ0n) is 13.5. The molecule has 1 rings (SSSR count). The molecule has 5 nitrogen and oxygen atoms in total. The fourth-order valence-electron chi connectivity index (χ4n) is 2.88. The van der Waals surface area contributed by atoms with Crippen LogP contribution in [0.25, 0.3) is 0 Å². The summed E-state index contributed by atoms with van der Waals surface area (Å²) < 4.78 is 5.61. The second-order valence-electron chi connectivity index (χ2n) is 6.77. The molecule has 0 aromatic heterocycles. The molecule has 5 heteroatoms. The topological polar surface area (TPSA) is 84.6 Å². The standard InChI is InChI=1S/C15H30N2O3/c1-6-8-14(5,19)10-17-12(18)15(16)9-11(20-7-2)13(15,3)4/h11,19H,6-10,16H2,1-5H3,(H,17,18). The third kappa shape index (κ3) is 3.15. The van der Waals surface area contributed by atoms with Gasteiger partial charge in [0.1, 0.15) is 5.54 Å². The first kappa shape index (κ1) is 17.4. The predicted octanol–water partition coefficient (Wildman–Crippen LogP) is 1.19. The van der Waals surface area contributed by atoms with Crippen LogP contribution in [0.1, 0.15) is 53.9 Å². The molecule has 0 spiro atoms. The van der Waals surface area contributed by atoms with E-state index < -0.39 is 16.6 Å². The molecular formula is C15H30N2O3. The van der Waals surface area contributed by atoms with Crippen LogP contribution in [0.15, 0.2) is 0 Å². The van der Waals surface area contributed by atoms with Crippen LogP contribution in [-0.2, 0) is 9.53 Å². The first-order valence-corrected chi connectivity index (χ1v) is 7.52. The van der Waals surface area contributed by atoms with Gasteiger partial charge < -0.3 is 20.9 Å². The molecule has 0 aliphatic heterocycles. The highest BCUT2D eigenvalue weighted by atomic mass is 16.5. The third-order valence-electron chi connectivity index (χ3n) is 4.65. The lowest BCUT2D eigenvalue weighted by molar-refractivity contribution is -0.171. The maximum absolute atomic E-state index is 12.4. The summed E-state index contributed by atoms with van der Waals surface area (Å²) in [5.41, 5.74) is 4.07. The Morgan fingerprint density at radius 3 is 2.55 bits per heavy atom. The zero-order valence-corrected chi connectivity index (χ0v) is 13.5. The van der Waals surface area contributed by atoms with Crippen molar-refractivity contribution in [3.8, 4) is 0 Å². The highest BCUT2D eigenvalue weighted by Crippen LogP contribution is 2.49. The Kier molecular flexibility index (Phi) is 5.22. The monoisotopic (exact) mass is 286 g/mol. The predicted molar refractivity (Wildman–Crippen MR) is 79.3 cm³/mol. The van der Waals surface area contributed by atoms with Gasteiger partial charge in [-0.1, -0.05) is 27.2 Å². The summed E-state index contributed by atoms with van der Waals surface area (Å²) in [4.78, 5) is 12.4. The van der Waals surface area contributed by atoms with Crippen LogP contribution in [-0.4, -0.2) is 41.4 Å². The van der Waals surface area contributed by atoms with Crippen LogP contribution in [0.2, 0.25) is 0 Å². The summed E-state index contributed by atoms with van der Waals surface area (Å²) in [7, 11) is 0. The van der Waals surface area contributed by atoms with Crippen molar-refractivity contribution in [1.29, 1.82) is 0 Å². The average Bonchev–Trinajstić information content (AvgIpc) is 2.35. The molecule has 1 aliphatic carbocycles. The van der Waals surface area contributed by atoms with Gasteiger partial charge in [-0.2, -0.15) is 0 Å². The summed E-state index contributed by atoms with van der Waals surface area (Å²) >= 11 is 0. The van der Waals surface area contributed by atoms with Gasteiger partial charge in [0, 0.05) is 25.0 Å². The second-order valence-corrected chi connectivity index (χ2v) is 6.77. The fourth-order valence-corrected chi connectivity index (χ4v) is 2.88. The number of hydrogen-bond acceptors (Lipinski definition) is 4. The van der Waals surface area contributed by atoms with Crippen molar-refractivity contribution in [2.24, 2.45) is 11.1 Å². The van der Waals surface area contributed by atoms with Gasteiger partial charge in [-0.15, -0.1) is 0 Å². The minimum absolute atomic E-state index is 0.0133. The Morgan fingerprint density at radius 1 is 1.50 bits per heavy atom. The molecule has 20 heavy (non-hydrogen) atoms. The van der Waals surface area contributed by atoms with E-state index in [9.17, 15) is 9.90 Å². The lowest BCUT2D eigenvalue weighted by Crippen LogP contribution is -2.76. The molecule has 0 heterocycles. The highest BCUT2D eigenvalue weighted by molar-refractivity contribution is 5.88. The van der Waals surface area contributed by atoms with E-state index >= 15 is 0 Å². The number of nitrogens with two attached hydrogens (primary N) is 1. The molecule has 1 amide bonds. The summed E-state index contributed by atoms with van der Waals surface area (Å²) in [5.74, 6) is -0.199. The Labute approximate surface area is 122 Å². The van der Waals surface area contributed by atoms with E-state index in [0.29, 0.717) is 19.4 Å². The van der Waals surface area contributed by atoms with Crippen molar-refractivity contribution in [2.75, 3.05) is 13.2 Å². The molecule has 0 bridgehead atoms. The number of rotatable bonds is 7. The van der Waals surface area contributed by atoms with Gasteiger partial charge in [0.15, 0.2) is 0 Å².